The fourth-order valence-electron chi connectivity index (χ4n) is 11.5. The van der Waals surface area contributed by atoms with Crippen LogP contribution < -0.4 is 53.6 Å². The molecule has 81 heavy (non-hydrogen) atoms. The van der Waals surface area contributed by atoms with E-state index in [1.807, 2.05) is 46.5 Å². The molecule has 0 spiro atoms. The number of terminal acetylenes is 2. The molecule has 9 aromatic rings. The first-order chi connectivity index (χ1) is 38.7. The minimum Gasteiger partial charge on any atom is -0.303 e. The first kappa shape index (κ1) is 57.1. The first-order valence-electron chi connectivity index (χ1n) is 27.2. The zero-order valence-corrected chi connectivity index (χ0v) is 49.4. The first-order valence-corrected chi connectivity index (χ1v) is 27.2. The minimum atomic E-state index is 0.584. The second-order valence-corrected chi connectivity index (χ2v) is 21.6. The fraction of sp³-hybridized carbons (Fsp3) is 0.288. The Morgan fingerprint density at radius 2 is 0.506 bits per heavy atom. The van der Waals surface area contributed by atoms with Crippen LogP contribution >= 0.6 is 0 Å². The summed E-state index contributed by atoms with van der Waals surface area (Å²) < 4.78 is 0. The van der Waals surface area contributed by atoms with Crippen LogP contribution in [0.2, 0.25) is 0 Å². The number of aryl methyl sites for hydroxylation is 10. The smallest absolute Gasteiger partial charge is 0.274 e. The number of aromatic nitrogens is 12. The van der Waals surface area contributed by atoms with E-state index in [2.05, 4.69) is 219 Å². The average molecular weight is 1100 g/mol. The Kier molecular flexibility index (Phi) is 16.9. The molecular weight excluding hydrogens is 1020 g/mol. The van der Waals surface area contributed by atoms with Crippen LogP contribution in [-0.2, 0) is 0 Å². The molecule has 5 aromatic carbocycles. The molecule has 0 aliphatic carbocycles. The molecule has 9 rings (SSSR count). The summed E-state index contributed by atoms with van der Waals surface area (Å²) in [5, 5.41) is 49.1. The maximum absolute atomic E-state index is 5.59. The SMILES string of the molecule is C#CC[NH2+]c1c(C)cc(C)c([NH2+]c2cn([NH2+]c3c(C)cc(C)c([NH2+]c4cn([NH2+]c5c(C)cc(C)c([NH2+]n6cc([NH2+]c7c(C)cc(C)c([NH2+]n8cc([NH2+]c9c(C)cc(C)c([NH2+]CC#C)c9C)nn8)c7C)nn6)c5C)nn4)c3C)nn2)c1C. The molecule has 0 bridgehead atoms. The van der Waals surface area contributed by atoms with E-state index in [-0.39, 0.29) is 0 Å². The van der Waals surface area contributed by atoms with E-state index in [9.17, 15) is 0 Å². The highest BCUT2D eigenvalue weighted by Crippen LogP contribution is 2.30. The molecule has 0 saturated carbocycles. The number of nitrogens with two attached hydrogens (primary N) is 10. The third-order valence-electron chi connectivity index (χ3n) is 15.6. The Morgan fingerprint density at radius 1 is 0.309 bits per heavy atom. The lowest BCUT2D eigenvalue weighted by atomic mass is 10.0. The quantitative estimate of drug-likeness (QED) is 0.0258. The minimum absolute atomic E-state index is 0.584. The van der Waals surface area contributed by atoms with Gasteiger partial charge in [-0.3, -0.25) is 21.3 Å². The van der Waals surface area contributed by atoms with Gasteiger partial charge < -0.3 is 10.6 Å². The van der Waals surface area contributed by atoms with Gasteiger partial charge in [0.15, 0.2) is 47.5 Å². The lowest BCUT2D eigenvalue weighted by Crippen LogP contribution is -2.85. The third-order valence-corrected chi connectivity index (χ3v) is 15.6. The van der Waals surface area contributed by atoms with Gasteiger partial charge in [0.1, 0.15) is 47.2 Å². The fourth-order valence-corrected chi connectivity index (χ4v) is 11.5. The van der Waals surface area contributed by atoms with Crippen LogP contribution in [0.3, 0.4) is 0 Å². The Morgan fingerprint density at radius 3 is 0.741 bits per heavy atom. The van der Waals surface area contributed by atoms with Crippen molar-refractivity contribution in [1.29, 1.82) is 0 Å². The van der Waals surface area contributed by atoms with Gasteiger partial charge in [-0.05, 0) is 167 Å². The highest BCUT2D eigenvalue weighted by atomic mass is 15.6. The van der Waals surface area contributed by atoms with Crippen LogP contribution in [-0.4, -0.2) is 73.5 Å². The van der Waals surface area contributed by atoms with Crippen LogP contribution in [0.4, 0.5) is 80.1 Å². The second kappa shape index (κ2) is 24.0. The van der Waals surface area contributed by atoms with Crippen molar-refractivity contribution < 1.29 is 53.6 Å². The molecule has 4 aromatic heterocycles. The van der Waals surface area contributed by atoms with Gasteiger partial charge in [0.25, 0.3) is 23.3 Å². The van der Waals surface area contributed by atoms with Crippen LogP contribution in [0.25, 0.3) is 0 Å². The van der Waals surface area contributed by atoms with Gasteiger partial charge in [0, 0.05) is 55.6 Å². The maximum atomic E-state index is 5.59. The molecule has 0 radical (unpaired) electrons. The van der Waals surface area contributed by atoms with E-state index in [1.165, 1.54) is 44.8 Å². The lowest BCUT2D eigenvalue weighted by Gasteiger charge is -2.12. The van der Waals surface area contributed by atoms with Crippen molar-refractivity contribution in [2.24, 2.45) is 0 Å². The van der Waals surface area contributed by atoms with Crippen molar-refractivity contribution in [3.63, 3.8) is 0 Å². The average Bonchev–Trinajstić information content (AvgIpc) is 4.39. The van der Waals surface area contributed by atoms with E-state index in [0.717, 1.165) is 119 Å². The van der Waals surface area contributed by atoms with E-state index in [4.69, 9.17) is 12.8 Å². The predicted molar refractivity (Wildman–Crippen MR) is 307 cm³/mol. The molecule has 0 aliphatic heterocycles. The highest BCUT2D eigenvalue weighted by molar-refractivity contribution is 5.64. The summed E-state index contributed by atoms with van der Waals surface area (Å²) >= 11 is 0. The molecule has 416 valence electrons. The molecule has 20 N–H and O–H groups in total. The zero-order chi connectivity index (χ0) is 58.0. The Bertz CT molecular complexity index is 3700. The molecule has 22 heteroatoms. The van der Waals surface area contributed by atoms with Crippen LogP contribution in [0.5, 0.6) is 0 Å². The van der Waals surface area contributed by atoms with Crippen molar-refractivity contribution in [2.45, 2.75) is 104 Å². The van der Waals surface area contributed by atoms with E-state index >= 15 is 0 Å². The van der Waals surface area contributed by atoms with Gasteiger partial charge >= 0.3 is 0 Å². The maximum Gasteiger partial charge on any atom is 0.274 e. The van der Waals surface area contributed by atoms with Crippen molar-refractivity contribution in [3.8, 4) is 24.7 Å². The van der Waals surface area contributed by atoms with Crippen molar-refractivity contribution in [3.05, 3.63) is 139 Å². The third kappa shape index (κ3) is 12.3. The molecule has 0 aliphatic rings. The lowest BCUT2D eigenvalue weighted by molar-refractivity contribution is -0.650. The summed E-state index contributed by atoms with van der Waals surface area (Å²) in [6.07, 6.45) is 19.0. The summed E-state index contributed by atoms with van der Waals surface area (Å²) in [6, 6.07) is 11.0. The summed E-state index contributed by atoms with van der Waals surface area (Å²) in [7, 11) is 0. The topological polar surface area (TPSA) is 289 Å². The second-order valence-electron chi connectivity index (χ2n) is 21.6. The highest BCUT2D eigenvalue weighted by Gasteiger charge is 2.27. The van der Waals surface area contributed by atoms with Crippen molar-refractivity contribution >= 4 is 80.1 Å². The largest absolute Gasteiger partial charge is 0.303 e. The monoisotopic (exact) mass is 1100 g/mol. The van der Waals surface area contributed by atoms with Gasteiger partial charge in [0.05, 0.1) is 27.8 Å². The molecule has 0 fully saturated rings. The normalized spacial score (nSPS) is 11.5. The Balaban J connectivity index is 0.859. The van der Waals surface area contributed by atoms with Gasteiger partial charge in [-0.2, -0.15) is 21.7 Å². The zero-order valence-electron chi connectivity index (χ0n) is 49.4. The summed E-state index contributed by atoms with van der Waals surface area (Å²) in [5.74, 6) is 8.51. The standard InChI is InChI=1S/C59H70N22/c1-18-20-60-50-31(3)22-33(5)52(41(50)13)62-46-27-78(74-66-46)70-56-37(9)24-35(7)54(43(56)15)64-48-29-80(76-68-48)72-58-39(11)26-40(12)59(45(58)17)73-81-30-49(69-77-81)65-55-36(8)25-38(10)57(44(55)16)71-79-28-47(67-75-79)63-53-34(6)23-32(4)51(42(53)14)61-21-19-2/h1-2,22-30,60-65,70-73H,20-21H2,3-17H3/p+10. The predicted octanol–water partition coefficient (Wildman–Crippen LogP) is -0.926. The summed E-state index contributed by atoms with van der Waals surface area (Å²) in [6.45, 7) is 33.1. The van der Waals surface area contributed by atoms with Gasteiger partial charge in [-0.25, -0.2) is 0 Å². The number of rotatable bonds is 20. The number of hydrogen-bond acceptors (Lipinski definition) is 8. The molecule has 0 unspecified atom stereocenters. The number of hydrogen-bond donors (Lipinski definition) is 10. The van der Waals surface area contributed by atoms with E-state index in [0.29, 0.717) is 13.1 Å². The van der Waals surface area contributed by atoms with Crippen molar-refractivity contribution in [2.75, 3.05) is 13.1 Å². The van der Waals surface area contributed by atoms with Crippen LogP contribution in [0.1, 0.15) is 83.5 Å². The summed E-state index contributed by atoms with van der Waals surface area (Å²) in [5.41, 5.74) is 36.4. The summed E-state index contributed by atoms with van der Waals surface area (Å²) in [4.78, 5) is 7.16. The molecule has 4 heterocycles. The molecule has 0 amide bonds. The number of benzene rings is 5. The molecule has 0 saturated heterocycles. The van der Waals surface area contributed by atoms with Gasteiger partial charge in [-0.1, -0.05) is 39.6 Å². The van der Waals surface area contributed by atoms with Gasteiger partial charge in [0.2, 0.25) is 0 Å². The Hall–Kier alpha value is -8.62. The number of nitrogens with zero attached hydrogens (tertiary/aromatic N) is 12. The number of quaternary nitrogens is 10. The van der Waals surface area contributed by atoms with E-state index in [1.54, 1.807) is 19.2 Å². The van der Waals surface area contributed by atoms with E-state index < -0.39 is 0 Å². The molecular formula is C59H80N22+10. The Labute approximate surface area is 472 Å². The molecule has 0 atom stereocenters. The van der Waals surface area contributed by atoms with Crippen LogP contribution in [0, 0.1) is 129 Å². The van der Waals surface area contributed by atoms with Crippen LogP contribution in [0.15, 0.2) is 55.1 Å². The van der Waals surface area contributed by atoms with Crippen molar-refractivity contribution in [1.82, 2.24) is 60.4 Å². The molecule has 22 nitrogen and oxygen atoms in total. The van der Waals surface area contributed by atoms with Gasteiger partial charge in [-0.15, -0.1) is 12.8 Å².